The Kier molecular flexibility index (Phi) is 5.44. The molecule has 0 saturated carbocycles. The summed E-state index contributed by atoms with van der Waals surface area (Å²) in [4.78, 5) is 10.9. The molecular weight excluding hydrogens is 164 g/mol. The Labute approximate surface area is 80.7 Å². The van der Waals surface area contributed by atoms with E-state index in [0.29, 0.717) is 6.42 Å². The third kappa shape index (κ3) is 4.11. The van der Waals surface area contributed by atoms with Crippen molar-refractivity contribution in [3.63, 3.8) is 0 Å². The van der Waals surface area contributed by atoms with Gasteiger partial charge in [0.2, 0.25) is 0 Å². The lowest BCUT2D eigenvalue weighted by Gasteiger charge is -2.22. The van der Waals surface area contributed by atoms with E-state index < -0.39 is 11.4 Å². The molecule has 0 aliphatic carbocycles. The Balaban J connectivity index is 3.84. The van der Waals surface area contributed by atoms with Crippen LogP contribution in [0.4, 0.5) is 0 Å². The standard InChI is InChI=1S/C11H20O2/c1-4-6-7-8-9-11(3,5-2)10(12)13/h4H,1,5-9H2,2-3H3,(H,12,13). The molecule has 0 aliphatic rings. The van der Waals surface area contributed by atoms with Crippen molar-refractivity contribution in [2.75, 3.05) is 0 Å². The number of aliphatic carboxylic acids is 1. The molecular formula is C11H20O2. The topological polar surface area (TPSA) is 37.3 Å². The summed E-state index contributed by atoms with van der Waals surface area (Å²) in [5, 5.41) is 8.97. The van der Waals surface area contributed by atoms with Gasteiger partial charge in [0.25, 0.3) is 0 Å². The van der Waals surface area contributed by atoms with Crippen molar-refractivity contribution >= 4 is 5.97 Å². The minimum absolute atomic E-state index is 0.527. The Hall–Kier alpha value is -0.790. The number of hydrogen-bond donors (Lipinski definition) is 1. The lowest BCUT2D eigenvalue weighted by Crippen LogP contribution is -2.26. The van der Waals surface area contributed by atoms with Gasteiger partial charge in [0, 0.05) is 0 Å². The van der Waals surface area contributed by atoms with E-state index >= 15 is 0 Å². The van der Waals surface area contributed by atoms with Gasteiger partial charge in [-0.15, -0.1) is 6.58 Å². The Morgan fingerprint density at radius 3 is 2.54 bits per heavy atom. The fourth-order valence-corrected chi connectivity index (χ4v) is 1.24. The largest absolute Gasteiger partial charge is 0.481 e. The first-order valence-corrected chi connectivity index (χ1v) is 4.91. The Bertz CT molecular complexity index is 175. The van der Waals surface area contributed by atoms with Crippen LogP contribution < -0.4 is 0 Å². The molecule has 0 spiro atoms. The third-order valence-corrected chi connectivity index (χ3v) is 2.68. The van der Waals surface area contributed by atoms with E-state index in [1.54, 1.807) is 0 Å². The molecule has 2 nitrogen and oxygen atoms in total. The van der Waals surface area contributed by atoms with Crippen molar-refractivity contribution in [1.29, 1.82) is 0 Å². The molecule has 0 fully saturated rings. The van der Waals surface area contributed by atoms with Gasteiger partial charge in [-0.2, -0.15) is 0 Å². The summed E-state index contributed by atoms with van der Waals surface area (Å²) in [5.74, 6) is -0.673. The average molecular weight is 184 g/mol. The molecule has 0 heterocycles. The molecule has 0 bridgehead atoms. The van der Waals surface area contributed by atoms with Crippen molar-refractivity contribution < 1.29 is 9.90 Å². The second-order valence-corrected chi connectivity index (χ2v) is 3.75. The molecule has 1 N–H and O–H groups in total. The zero-order valence-electron chi connectivity index (χ0n) is 8.68. The summed E-state index contributed by atoms with van der Waals surface area (Å²) >= 11 is 0. The van der Waals surface area contributed by atoms with Gasteiger partial charge in [0.05, 0.1) is 5.41 Å². The number of hydrogen-bond acceptors (Lipinski definition) is 1. The highest BCUT2D eigenvalue weighted by atomic mass is 16.4. The van der Waals surface area contributed by atoms with Gasteiger partial charge in [-0.25, -0.2) is 0 Å². The van der Waals surface area contributed by atoms with Crippen LogP contribution in [-0.4, -0.2) is 11.1 Å². The van der Waals surface area contributed by atoms with Gasteiger partial charge < -0.3 is 5.11 Å². The molecule has 1 unspecified atom stereocenters. The van der Waals surface area contributed by atoms with Gasteiger partial charge in [0.1, 0.15) is 0 Å². The number of unbranched alkanes of at least 4 members (excludes halogenated alkanes) is 2. The first kappa shape index (κ1) is 12.2. The highest BCUT2D eigenvalue weighted by Crippen LogP contribution is 2.28. The lowest BCUT2D eigenvalue weighted by molar-refractivity contribution is -0.148. The number of carbonyl (C=O) groups is 1. The minimum Gasteiger partial charge on any atom is -0.481 e. The molecule has 1 atom stereocenters. The Morgan fingerprint density at radius 1 is 1.54 bits per heavy atom. The second-order valence-electron chi connectivity index (χ2n) is 3.75. The minimum atomic E-state index is -0.673. The molecule has 0 aromatic carbocycles. The number of carboxylic acids is 1. The predicted molar refractivity (Wildman–Crippen MR) is 54.7 cm³/mol. The zero-order chi connectivity index (χ0) is 10.3. The molecule has 0 aromatic heterocycles. The SMILES string of the molecule is C=CCCCCC(C)(CC)C(=O)O. The van der Waals surface area contributed by atoms with Crippen molar-refractivity contribution in [3.8, 4) is 0 Å². The fraction of sp³-hybridized carbons (Fsp3) is 0.727. The van der Waals surface area contributed by atoms with E-state index in [-0.39, 0.29) is 0 Å². The quantitative estimate of drug-likeness (QED) is 0.487. The van der Waals surface area contributed by atoms with Crippen LogP contribution in [0.5, 0.6) is 0 Å². The van der Waals surface area contributed by atoms with Crippen LogP contribution in [0, 0.1) is 5.41 Å². The fourth-order valence-electron chi connectivity index (χ4n) is 1.24. The van der Waals surface area contributed by atoms with E-state index in [0.717, 1.165) is 25.7 Å². The molecule has 0 saturated heterocycles. The Morgan fingerprint density at radius 2 is 2.15 bits per heavy atom. The molecule has 0 amide bonds. The van der Waals surface area contributed by atoms with Crippen LogP contribution in [0.1, 0.15) is 46.0 Å². The predicted octanol–water partition coefficient (Wildman–Crippen LogP) is 3.23. The second kappa shape index (κ2) is 5.79. The summed E-state index contributed by atoms with van der Waals surface area (Å²) in [6.45, 7) is 7.39. The van der Waals surface area contributed by atoms with E-state index in [4.69, 9.17) is 5.11 Å². The van der Waals surface area contributed by atoms with E-state index in [9.17, 15) is 4.79 Å². The van der Waals surface area contributed by atoms with E-state index in [1.807, 2.05) is 19.9 Å². The van der Waals surface area contributed by atoms with Crippen LogP contribution in [0.3, 0.4) is 0 Å². The third-order valence-electron chi connectivity index (χ3n) is 2.68. The summed E-state index contributed by atoms with van der Waals surface area (Å²) in [6.07, 6.45) is 6.36. The summed E-state index contributed by atoms with van der Waals surface area (Å²) in [7, 11) is 0. The summed E-state index contributed by atoms with van der Waals surface area (Å²) in [5.41, 5.74) is -0.527. The van der Waals surface area contributed by atoms with Gasteiger partial charge in [-0.05, 0) is 32.6 Å². The van der Waals surface area contributed by atoms with Gasteiger partial charge >= 0.3 is 5.97 Å². The lowest BCUT2D eigenvalue weighted by atomic mass is 9.82. The molecule has 2 heteroatoms. The van der Waals surface area contributed by atoms with Crippen LogP contribution >= 0.6 is 0 Å². The van der Waals surface area contributed by atoms with Gasteiger partial charge in [-0.1, -0.05) is 19.4 Å². The molecule has 76 valence electrons. The van der Waals surface area contributed by atoms with Crippen molar-refractivity contribution in [1.82, 2.24) is 0 Å². The summed E-state index contributed by atoms with van der Waals surface area (Å²) < 4.78 is 0. The smallest absolute Gasteiger partial charge is 0.309 e. The van der Waals surface area contributed by atoms with Gasteiger partial charge in [-0.3, -0.25) is 4.79 Å². The molecule has 0 radical (unpaired) electrons. The molecule has 0 aliphatic heterocycles. The zero-order valence-corrected chi connectivity index (χ0v) is 8.68. The normalized spacial score (nSPS) is 14.9. The van der Waals surface area contributed by atoms with Crippen LogP contribution in [-0.2, 0) is 4.79 Å². The van der Waals surface area contributed by atoms with Crippen molar-refractivity contribution in [2.24, 2.45) is 5.41 Å². The maximum absolute atomic E-state index is 10.9. The molecule has 0 rings (SSSR count). The molecule has 0 aromatic rings. The highest BCUT2D eigenvalue weighted by molar-refractivity contribution is 5.73. The maximum atomic E-state index is 10.9. The first-order valence-electron chi connectivity index (χ1n) is 4.91. The van der Waals surface area contributed by atoms with Crippen LogP contribution in [0.25, 0.3) is 0 Å². The van der Waals surface area contributed by atoms with Crippen LogP contribution in [0.2, 0.25) is 0 Å². The monoisotopic (exact) mass is 184 g/mol. The number of rotatable bonds is 7. The number of carboxylic acid groups (broad SMARTS) is 1. The van der Waals surface area contributed by atoms with Gasteiger partial charge in [0.15, 0.2) is 0 Å². The average Bonchev–Trinajstić information content (AvgIpc) is 2.12. The van der Waals surface area contributed by atoms with E-state index in [2.05, 4.69) is 6.58 Å². The van der Waals surface area contributed by atoms with Crippen molar-refractivity contribution in [2.45, 2.75) is 46.0 Å². The highest BCUT2D eigenvalue weighted by Gasteiger charge is 2.29. The number of allylic oxidation sites excluding steroid dienone is 1. The first-order chi connectivity index (χ1) is 6.06. The summed E-state index contributed by atoms with van der Waals surface area (Å²) in [6, 6.07) is 0. The van der Waals surface area contributed by atoms with E-state index in [1.165, 1.54) is 0 Å². The maximum Gasteiger partial charge on any atom is 0.309 e. The van der Waals surface area contributed by atoms with Crippen molar-refractivity contribution in [3.05, 3.63) is 12.7 Å². The molecule has 13 heavy (non-hydrogen) atoms. The van der Waals surface area contributed by atoms with Crippen LogP contribution in [0.15, 0.2) is 12.7 Å².